The number of benzene rings is 1. The van der Waals surface area contributed by atoms with Gasteiger partial charge in [-0.25, -0.2) is 19.0 Å². The van der Waals surface area contributed by atoms with Gasteiger partial charge in [0.2, 0.25) is 0 Å². The van der Waals surface area contributed by atoms with E-state index >= 15 is 0 Å². The summed E-state index contributed by atoms with van der Waals surface area (Å²) in [6.07, 6.45) is 1.74. The van der Waals surface area contributed by atoms with Crippen molar-refractivity contribution in [2.45, 2.75) is 44.6 Å². The smallest absolute Gasteiger partial charge is 0.254 e. The van der Waals surface area contributed by atoms with E-state index in [1.807, 2.05) is 0 Å². The summed E-state index contributed by atoms with van der Waals surface area (Å²) in [4.78, 5) is 21.5. The fourth-order valence-electron chi connectivity index (χ4n) is 2.81. The number of anilines is 1. The molecule has 0 fully saturated rings. The van der Waals surface area contributed by atoms with Crippen molar-refractivity contribution in [3.05, 3.63) is 41.8 Å². The highest BCUT2D eigenvalue weighted by atomic mass is 32.2. The summed E-state index contributed by atoms with van der Waals surface area (Å²) in [7, 11) is 0. The lowest BCUT2D eigenvalue weighted by molar-refractivity contribution is 0.0948. The predicted octanol–water partition coefficient (Wildman–Crippen LogP) is 3.96. The molecule has 9 heteroatoms. The molecule has 0 aliphatic heterocycles. The van der Waals surface area contributed by atoms with Crippen LogP contribution in [0, 0.1) is 11.7 Å². The Labute approximate surface area is 179 Å². The number of aromatic nitrogens is 4. The van der Waals surface area contributed by atoms with Gasteiger partial charge in [0, 0.05) is 18.3 Å². The van der Waals surface area contributed by atoms with Crippen LogP contribution in [0.3, 0.4) is 0 Å². The molecule has 160 valence electrons. The van der Waals surface area contributed by atoms with E-state index < -0.39 is 11.7 Å². The van der Waals surface area contributed by atoms with Gasteiger partial charge in [-0.05, 0) is 18.1 Å². The number of carbonyl (C=O) groups excluding carboxylic acids is 1. The summed E-state index contributed by atoms with van der Waals surface area (Å²) >= 11 is 1.59. The second kappa shape index (κ2) is 9.88. The summed E-state index contributed by atoms with van der Waals surface area (Å²) in [6, 6.07) is 5.92. The van der Waals surface area contributed by atoms with E-state index in [9.17, 15) is 9.18 Å². The molecule has 2 heterocycles. The molecule has 30 heavy (non-hydrogen) atoms. The highest BCUT2D eigenvalue weighted by molar-refractivity contribution is 7.99. The Morgan fingerprint density at radius 1 is 1.20 bits per heavy atom. The molecular weight excluding hydrogens is 403 g/mol. The zero-order chi connectivity index (χ0) is 21.7. The van der Waals surface area contributed by atoms with Gasteiger partial charge in [0.05, 0.1) is 23.7 Å². The van der Waals surface area contributed by atoms with Gasteiger partial charge in [0.25, 0.3) is 5.91 Å². The monoisotopic (exact) mass is 430 g/mol. The molecule has 0 radical (unpaired) electrons. The second-order valence-corrected chi connectivity index (χ2v) is 9.18. The molecule has 2 aromatic heterocycles. The minimum Gasteiger partial charge on any atom is -0.369 e. The van der Waals surface area contributed by atoms with Crippen LogP contribution in [0.25, 0.3) is 11.0 Å². The first-order chi connectivity index (χ1) is 14.3. The summed E-state index contributed by atoms with van der Waals surface area (Å²) < 4.78 is 15.5. The molecule has 7 nitrogen and oxygen atoms in total. The summed E-state index contributed by atoms with van der Waals surface area (Å²) in [6.45, 7) is 9.96. The van der Waals surface area contributed by atoms with E-state index in [1.54, 1.807) is 34.8 Å². The molecule has 0 aliphatic rings. The van der Waals surface area contributed by atoms with Crippen molar-refractivity contribution in [1.82, 2.24) is 25.1 Å². The molecular formula is C21H27FN6OS. The Kier molecular flexibility index (Phi) is 7.25. The van der Waals surface area contributed by atoms with Crippen molar-refractivity contribution in [1.29, 1.82) is 0 Å². The third-order valence-corrected chi connectivity index (χ3v) is 5.09. The van der Waals surface area contributed by atoms with Crippen molar-refractivity contribution in [2.75, 3.05) is 18.4 Å². The van der Waals surface area contributed by atoms with Gasteiger partial charge < -0.3 is 10.6 Å². The number of halogens is 1. The number of hydrogen-bond donors (Lipinski definition) is 2. The highest BCUT2D eigenvalue weighted by Gasteiger charge is 2.15. The van der Waals surface area contributed by atoms with E-state index in [4.69, 9.17) is 0 Å². The van der Waals surface area contributed by atoms with Crippen LogP contribution in [0.1, 0.15) is 38.1 Å². The Morgan fingerprint density at radius 2 is 1.97 bits per heavy atom. The van der Waals surface area contributed by atoms with Crippen LogP contribution in [0.5, 0.6) is 0 Å². The average Bonchev–Trinajstić information content (AvgIpc) is 3.09. The van der Waals surface area contributed by atoms with Gasteiger partial charge in [-0.15, -0.1) is 0 Å². The minimum absolute atomic E-state index is 0.0286. The third kappa shape index (κ3) is 5.47. The number of carbonyl (C=O) groups is 1. The first-order valence-electron chi connectivity index (χ1n) is 10.0. The van der Waals surface area contributed by atoms with E-state index in [0.717, 1.165) is 17.7 Å². The normalized spacial score (nSPS) is 11.4. The molecule has 0 atom stereocenters. The average molecular weight is 431 g/mol. The van der Waals surface area contributed by atoms with E-state index in [-0.39, 0.29) is 5.56 Å². The van der Waals surface area contributed by atoms with Gasteiger partial charge in [0.1, 0.15) is 11.6 Å². The molecule has 0 aliphatic carbocycles. The fourth-order valence-corrected chi connectivity index (χ4v) is 3.52. The standard InChI is InChI=1S/C21H27FN6OS/c1-13(2)11-24-18-16-12-25-28(19(16)27-21(26-18)30-14(3)4)10-9-23-20(29)15-7-5-6-8-17(15)22/h5-8,12-14H,9-11H2,1-4H3,(H,23,29)(H,24,26,27). The van der Waals surface area contributed by atoms with Gasteiger partial charge in [-0.2, -0.15) is 5.10 Å². The van der Waals surface area contributed by atoms with Crippen molar-refractivity contribution in [2.24, 2.45) is 5.92 Å². The number of hydrogen-bond acceptors (Lipinski definition) is 6. The van der Waals surface area contributed by atoms with Crippen LogP contribution in [-0.2, 0) is 6.54 Å². The number of fused-ring (bicyclic) bond motifs is 1. The SMILES string of the molecule is CC(C)CNc1nc(SC(C)C)nc2c1cnn2CCNC(=O)c1ccccc1F. The highest BCUT2D eigenvalue weighted by Crippen LogP contribution is 2.26. The van der Waals surface area contributed by atoms with Gasteiger partial charge in [-0.1, -0.05) is 51.6 Å². The topological polar surface area (TPSA) is 84.7 Å². The maximum absolute atomic E-state index is 13.8. The quantitative estimate of drug-likeness (QED) is 0.395. The third-order valence-electron chi connectivity index (χ3n) is 4.22. The number of nitrogens with zero attached hydrogens (tertiary/aromatic N) is 4. The number of amides is 1. The van der Waals surface area contributed by atoms with Gasteiger partial charge in [0.15, 0.2) is 10.8 Å². The Bertz CT molecular complexity index is 1020. The van der Waals surface area contributed by atoms with Crippen LogP contribution >= 0.6 is 11.8 Å². The zero-order valence-corrected chi connectivity index (χ0v) is 18.5. The maximum Gasteiger partial charge on any atom is 0.254 e. The van der Waals surface area contributed by atoms with Crippen molar-refractivity contribution >= 4 is 34.5 Å². The lowest BCUT2D eigenvalue weighted by Gasteiger charge is -2.12. The van der Waals surface area contributed by atoms with Crippen LogP contribution in [-0.4, -0.2) is 44.0 Å². The number of nitrogens with one attached hydrogen (secondary N) is 2. The molecule has 2 N–H and O–H groups in total. The zero-order valence-electron chi connectivity index (χ0n) is 17.6. The van der Waals surface area contributed by atoms with Crippen molar-refractivity contribution in [3.8, 4) is 0 Å². The van der Waals surface area contributed by atoms with Crippen molar-refractivity contribution in [3.63, 3.8) is 0 Å². The molecule has 0 spiro atoms. The van der Waals surface area contributed by atoms with Gasteiger partial charge >= 0.3 is 0 Å². The molecule has 1 aromatic carbocycles. The Balaban J connectivity index is 1.77. The minimum atomic E-state index is -0.538. The molecule has 3 aromatic rings. The Morgan fingerprint density at radius 3 is 2.67 bits per heavy atom. The summed E-state index contributed by atoms with van der Waals surface area (Å²) in [5.74, 6) is 0.247. The summed E-state index contributed by atoms with van der Waals surface area (Å²) in [5.41, 5.74) is 0.737. The molecule has 3 rings (SSSR count). The first-order valence-corrected chi connectivity index (χ1v) is 10.9. The lowest BCUT2D eigenvalue weighted by atomic mass is 10.2. The molecule has 0 bridgehead atoms. The van der Waals surface area contributed by atoms with Crippen LogP contribution < -0.4 is 10.6 Å². The molecule has 0 saturated heterocycles. The van der Waals surface area contributed by atoms with E-state index in [2.05, 4.69) is 53.4 Å². The fraction of sp³-hybridized carbons (Fsp3) is 0.429. The largest absolute Gasteiger partial charge is 0.369 e. The first kappa shape index (κ1) is 22.0. The maximum atomic E-state index is 13.8. The molecule has 0 unspecified atom stereocenters. The van der Waals surface area contributed by atoms with Gasteiger partial charge in [-0.3, -0.25) is 4.79 Å². The molecule has 0 saturated carbocycles. The lowest BCUT2D eigenvalue weighted by Crippen LogP contribution is -2.28. The summed E-state index contributed by atoms with van der Waals surface area (Å²) in [5, 5.41) is 12.4. The second-order valence-electron chi connectivity index (χ2n) is 7.64. The molecule has 1 amide bonds. The predicted molar refractivity (Wildman–Crippen MR) is 118 cm³/mol. The van der Waals surface area contributed by atoms with E-state index in [1.165, 1.54) is 12.1 Å². The Hall–Kier alpha value is -2.68. The number of rotatable bonds is 9. The van der Waals surface area contributed by atoms with Crippen LogP contribution in [0.2, 0.25) is 0 Å². The number of thioether (sulfide) groups is 1. The van der Waals surface area contributed by atoms with Crippen LogP contribution in [0.4, 0.5) is 10.2 Å². The van der Waals surface area contributed by atoms with Crippen LogP contribution in [0.15, 0.2) is 35.6 Å². The van der Waals surface area contributed by atoms with E-state index in [0.29, 0.717) is 35.1 Å². The van der Waals surface area contributed by atoms with Crippen molar-refractivity contribution < 1.29 is 9.18 Å².